The molecule has 0 spiro atoms. The van der Waals surface area contributed by atoms with Gasteiger partial charge in [-0.3, -0.25) is 4.79 Å². The average molecular weight is 194 g/mol. The van der Waals surface area contributed by atoms with Crippen LogP contribution >= 0.6 is 0 Å². The summed E-state index contributed by atoms with van der Waals surface area (Å²) in [6.07, 6.45) is -0.106. The number of aldehydes is 1. The molecule has 0 aromatic heterocycles. The van der Waals surface area contributed by atoms with E-state index < -0.39 is 6.23 Å². The second-order valence-electron chi connectivity index (χ2n) is 2.76. The summed E-state index contributed by atoms with van der Waals surface area (Å²) < 4.78 is 12.8. The summed E-state index contributed by atoms with van der Waals surface area (Å²) in [4.78, 5) is 19.1. The Hall–Kier alpha value is -1.75. The van der Waals surface area contributed by atoms with Crippen molar-refractivity contribution in [3.05, 3.63) is 35.6 Å². The fraction of sp³-hybridized carbons (Fsp3) is 0.111. The molecule has 4 nitrogen and oxygen atoms in total. The zero-order valence-electron chi connectivity index (χ0n) is 7.11. The van der Waals surface area contributed by atoms with Gasteiger partial charge in [-0.2, -0.15) is 0 Å². The Morgan fingerprint density at radius 3 is 3.07 bits per heavy atom. The zero-order chi connectivity index (χ0) is 9.97. The normalized spacial score (nSPS) is 20.1. The number of halogens is 1. The molecule has 0 saturated heterocycles. The Morgan fingerprint density at radius 1 is 1.57 bits per heavy atom. The number of hydrogen-bond donors (Lipinski definition) is 1. The Balaban J connectivity index is 2.25. The SMILES string of the molecule is O=CC1=NC(c2cccc(F)c2)ON1. The monoisotopic (exact) mass is 194 g/mol. The number of hydrogen-bond acceptors (Lipinski definition) is 4. The number of carbonyl (C=O) groups is 1. The number of amidine groups is 1. The van der Waals surface area contributed by atoms with Gasteiger partial charge in [0.15, 0.2) is 12.1 Å². The molecule has 2 rings (SSSR count). The molecule has 0 fully saturated rings. The molecule has 72 valence electrons. The molecule has 0 amide bonds. The first-order valence-corrected chi connectivity index (χ1v) is 4.00. The summed E-state index contributed by atoms with van der Waals surface area (Å²) in [5, 5.41) is 0. The van der Waals surface area contributed by atoms with Gasteiger partial charge in [0.25, 0.3) is 0 Å². The molecule has 1 aromatic carbocycles. The quantitative estimate of drug-likeness (QED) is 0.713. The molecular weight excluding hydrogens is 187 g/mol. The molecular formula is C9H7FN2O2. The lowest BCUT2D eigenvalue weighted by Crippen LogP contribution is -2.17. The highest BCUT2D eigenvalue weighted by atomic mass is 19.1. The highest BCUT2D eigenvalue weighted by molar-refractivity contribution is 6.26. The molecule has 0 saturated carbocycles. The molecule has 1 heterocycles. The number of benzene rings is 1. The van der Waals surface area contributed by atoms with Crippen LogP contribution in [0.1, 0.15) is 11.8 Å². The number of aliphatic imine (C=N–C) groups is 1. The maximum absolute atomic E-state index is 12.8. The first-order valence-electron chi connectivity index (χ1n) is 4.00. The molecule has 5 heteroatoms. The van der Waals surface area contributed by atoms with Crippen LogP contribution in [-0.2, 0) is 9.63 Å². The van der Waals surface area contributed by atoms with E-state index in [2.05, 4.69) is 10.5 Å². The summed E-state index contributed by atoms with van der Waals surface area (Å²) in [6.45, 7) is 0. The first kappa shape index (κ1) is 8.83. The fourth-order valence-electron chi connectivity index (χ4n) is 1.15. The van der Waals surface area contributed by atoms with Crippen molar-refractivity contribution in [1.29, 1.82) is 0 Å². The maximum Gasteiger partial charge on any atom is 0.202 e. The van der Waals surface area contributed by atoms with Gasteiger partial charge in [-0.05, 0) is 12.1 Å². The van der Waals surface area contributed by atoms with Gasteiger partial charge in [-0.25, -0.2) is 19.7 Å². The van der Waals surface area contributed by atoms with E-state index in [-0.39, 0.29) is 11.7 Å². The minimum atomic E-state index is -0.647. The summed E-state index contributed by atoms with van der Waals surface area (Å²) in [5.41, 5.74) is 2.90. The van der Waals surface area contributed by atoms with Crippen molar-refractivity contribution in [2.75, 3.05) is 0 Å². The summed E-state index contributed by atoms with van der Waals surface area (Å²) in [5.74, 6) is -0.250. The molecule has 14 heavy (non-hydrogen) atoms. The van der Waals surface area contributed by atoms with Crippen molar-refractivity contribution in [2.24, 2.45) is 4.99 Å². The van der Waals surface area contributed by atoms with Gasteiger partial charge in [0.05, 0.1) is 0 Å². The van der Waals surface area contributed by atoms with Gasteiger partial charge in [0.1, 0.15) is 5.82 Å². The highest BCUT2D eigenvalue weighted by Gasteiger charge is 2.19. The molecule has 1 aromatic rings. The number of nitrogens with one attached hydrogen (secondary N) is 1. The van der Waals surface area contributed by atoms with Crippen LogP contribution in [0.5, 0.6) is 0 Å². The largest absolute Gasteiger partial charge is 0.294 e. The van der Waals surface area contributed by atoms with Crippen LogP contribution in [0.15, 0.2) is 29.3 Å². The topological polar surface area (TPSA) is 50.7 Å². The summed E-state index contributed by atoms with van der Waals surface area (Å²) >= 11 is 0. The summed E-state index contributed by atoms with van der Waals surface area (Å²) in [7, 11) is 0. The molecule has 1 aliphatic heterocycles. The predicted molar refractivity (Wildman–Crippen MR) is 46.9 cm³/mol. The standard InChI is InChI=1S/C9H7FN2O2/c10-7-3-1-2-6(4-7)9-11-8(5-13)12-14-9/h1-5,9H,(H,11,12). The smallest absolute Gasteiger partial charge is 0.202 e. The van der Waals surface area contributed by atoms with Crippen LogP contribution in [0.2, 0.25) is 0 Å². The van der Waals surface area contributed by atoms with Crippen LogP contribution in [0.25, 0.3) is 0 Å². The van der Waals surface area contributed by atoms with E-state index in [1.807, 2.05) is 0 Å². The van der Waals surface area contributed by atoms with E-state index >= 15 is 0 Å². The lowest BCUT2D eigenvalue weighted by atomic mass is 10.2. The molecule has 1 N–H and O–H groups in total. The summed E-state index contributed by atoms with van der Waals surface area (Å²) in [6, 6.07) is 5.87. The van der Waals surface area contributed by atoms with Crippen LogP contribution < -0.4 is 5.48 Å². The molecule has 1 aliphatic rings. The Labute approximate surface area is 79.4 Å². The van der Waals surface area contributed by atoms with Gasteiger partial charge in [0.2, 0.25) is 6.23 Å². The maximum atomic E-state index is 12.8. The van der Waals surface area contributed by atoms with Crippen molar-refractivity contribution < 1.29 is 14.0 Å². The molecule has 0 radical (unpaired) electrons. The zero-order valence-corrected chi connectivity index (χ0v) is 7.11. The molecule has 0 aliphatic carbocycles. The number of nitrogens with zero attached hydrogens (tertiary/aromatic N) is 1. The van der Waals surface area contributed by atoms with Gasteiger partial charge in [0, 0.05) is 5.56 Å². The van der Waals surface area contributed by atoms with Crippen LogP contribution in [0.4, 0.5) is 4.39 Å². The lowest BCUT2D eigenvalue weighted by Gasteiger charge is -2.05. The van der Waals surface area contributed by atoms with Crippen molar-refractivity contribution in [3.63, 3.8) is 0 Å². The highest BCUT2D eigenvalue weighted by Crippen LogP contribution is 2.21. The van der Waals surface area contributed by atoms with Gasteiger partial charge in [-0.1, -0.05) is 12.1 Å². The lowest BCUT2D eigenvalue weighted by molar-refractivity contribution is -0.103. The minimum absolute atomic E-state index is 0.110. The van der Waals surface area contributed by atoms with Crippen LogP contribution in [0, 0.1) is 5.82 Å². The third-order valence-corrected chi connectivity index (χ3v) is 1.78. The van der Waals surface area contributed by atoms with E-state index in [1.165, 1.54) is 12.1 Å². The Kier molecular flexibility index (Phi) is 2.24. The second-order valence-corrected chi connectivity index (χ2v) is 2.76. The molecule has 1 unspecified atom stereocenters. The van der Waals surface area contributed by atoms with Gasteiger partial charge < -0.3 is 0 Å². The van der Waals surface area contributed by atoms with Gasteiger partial charge >= 0.3 is 0 Å². The number of rotatable bonds is 2. The third kappa shape index (κ3) is 1.62. The van der Waals surface area contributed by atoms with E-state index in [4.69, 9.17) is 4.84 Å². The van der Waals surface area contributed by atoms with Crippen LogP contribution in [-0.4, -0.2) is 12.1 Å². The average Bonchev–Trinajstić information content (AvgIpc) is 2.66. The fourth-order valence-corrected chi connectivity index (χ4v) is 1.15. The van der Waals surface area contributed by atoms with E-state index in [0.717, 1.165) is 0 Å². The van der Waals surface area contributed by atoms with Crippen molar-refractivity contribution in [3.8, 4) is 0 Å². The predicted octanol–water partition coefficient (Wildman–Crippen LogP) is 0.956. The molecule has 1 atom stereocenters. The number of carbonyl (C=O) groups excluding carboxylic acids is 1. The van der Waals surface area contributed by atoms with E-state index in [0.29, 0.717) is 11.8 Å². The van der Waals surface area contributed by atoms with Crippen molar-refractivity contribution in [1.82, 2.24) is 5.48 Å². The van der Waals surface area contributed by atoms with E-state index in [1.54, 1.807) is 12.1 Å². The Morgan fingerprint density at radius 2 is 2.43 bits per heavy atom. The number of hydroxylamine groups is 1. The minimum Gasteiger partial charge on any atom is -0.294 e. The van der Waals surface area contributed by atoms with Gasteiger partial charge in [-0.15, -0.1) is 0 Å². The second kappa shape index (κ2) is 3.55. The van der Waals surface area contributed by atoms with Crippen molar-refractivity contribution >= 4 is 12.1 Å². The van der Waals surface area contributed by atoms with E-state index in [9.17, 15) is 9.18 Å². The van der Waals surface area contributed by atoms with Crippen LogP contribution in [0.3, 0.4) is 0 Å². The first-order chi connectivity index (χ1) is 6.79. The molecule has 0 bridgehead atoms. The van der Waals surface area contributed by atoms with Crippen molar-refractivity contribution in [2.45, 2.75) is 6.23 Å². The third-order valence-electron chi connectivity index (χ3n) is 1.78. The Bertz CT molecular complexity index is 392.